The SMILES string of the molecule is CN[Si](C)(C)C1CC(N(C)c2ccccc2)C2C=CC=CC21. The van der Waals surface area contributed by atoms with Gasteiger partial charge in [-0.3, -0.25) is 0 Å². The quantitative estimate of drug-likeness (QED) is 0.844. The summed E-state index contributed by atoms with van der Waals surface area (Å²) in [6, 6.07) is 11.4. The molecule has 0 bridgehead atoms. The van der Waals surface area contributed by atoms with E-state index in [9.17, 15) is 0 Å². The van der Waals surface area contributed by atoms with Crippen LogP contribution in [0.25, 0.3) is 0 Å². The highest BCUT2D eigenvalue weighted by Gasteiger charge is 2.49. The van der Waals surface area contributed by atoms with Crippen molar-refractivity contribution in [2.75, 3.05) is 19.0 Å². The van der Waals surface area contributed by atoms with Gasteiger partial charge in [0.25, 0.3) is 0 Å². The van der Waals surface area contributed by atoms with Crippen molar-refractivity contribution in [3.63, 3.8) is 0 Å². The highest BCUT2D eigenvalue weighted by Crippen LogP contribution is 2.50. The van der Waals surface area contributed by atoms with Gasteiger partial charge in [-0.25, -0.2) is 0 Å². The molecule has 4 atom stereocenters. The number of hydrogen-bond acceptors (Lipinski definition) is 2. The zero-order chi connectivity index (χ0) is 15.7. The third-order valence-electron chi connectivity index (χ3n) is 5.86. The van der Waals surface area contributed by atoms with Crippen LogP contribution in [-0.4, -0.2) is 28.4 Å². The number of fused-ring (bicyclic) bond motifs is 1. The average Bonchev–Trinajstić information content (AvgIpc) is 2.95. The van der Waals surface area contributed by atoms with E-state index in [1.807, 2.05) is 0 Å². The smallest absolute Gasteiger partial charge is 0.123 e. The summed E-state index contributed by atoms with van der Waals surface area (Å²) in [7, 11) is 3.01. The third kappa shape index (κ3) is 2.68. The molecule has 2 aliphatic rings. The fourth-order valence-corrected chi connectivity index (χ4v) is 6.73. The fraction of sp³-hybridized carbons (Fsp3) is 0.474. The van der Waals surface area contributed by atoms with Crippen molar-refractivity contribution in [2.45, 2.75) is 31.1 Å². The van der Waals surface area contributed by atoms with Crippen LogP contribution in [-0.2, 0) is 0 Å². The Balaban J connectivity index is 1.89. The second-order valence-corrected chi connectivity index (χ2v) is 11.9. The van der Waals surface area contributed by atoms with Crippen LogP contribution in [0, 0.1) is 11.8 Å². The average molecular weight is 313 g/mol. The molecule has 1 aromatic rings. The molecule has 3 rings (SSSR count). The summed E-state index contributed by atoms with van der Waals surface area (Å²) in [5.41, 5.74) is 2.12. The summed E-state index contributed by atoms with van der Waals surface area (Å²) in [4.78, 5) is 6.18. The van der Waals surface area contributed by atoms with Crippen LogP contribution in [0.5, 0.6) is 0 Å². The second-order valence-electron chi connectivity index (χ2n) is 7.25. The first-order chi connectivity index (χ1) is 10.5. The van der Waals surface area contributed by atoms with Crippen LogP contribution in [0.1, 0.15) is 6.42 Å². The van der Waals surface area contributed by atoms with E-state index in [0.717, 1.165) is 5.54 Å². The van der Waals surface area contributed by atoms with Crippen LogP contribution in [0.15, 0.2) is 54.6 Å². The topological polar surface area (TPSA) is 15.3 Å². The Morgan fingerprint density at radius 2 is 1.68 bits per heavy atom. The molecule has 118 valence electrons. The van der Waals surface area contributed by atoms with Crippen molar-refractivity contribution in [3.05, 3.63) is 54.6 Å². The van der Waals surface area contributed by atoms with Gasteiger partial charge in [0.15, 0.2) is 0 Å². The Bertz CT molecular complexity index is 564. The molecule has 0 aliphatic heterocycles. The van der Waals surface area contributed by atoms with E-state index < -0.39 is 8.24 Å². The Morgan fingerprint density at radius 1 is 1.05 bits per heavy atom. The number of rotatable bonds is 4. The molecule has 0 spiro atoms. The lowest BCUT2D eigenvalue weighted by Gasteiger charge is -2.33. The summed E-state index contributed by atoms with van der Waals surface area (Å²) in [6.45, 7) is 4.96. The minimum absolute atomic E-state index is 0.596. The molecule has 22 heavy (non-hydrogen) atoms. The molecule has 2 aliphatic carbocycles. The number of benzene rings is 1. The van der Waals surface area contributed by atoms with E-state index in [4.69, 9.17) is 0 Å². The molecule has 0 amide bonds. The molecule has 0 saturated heterocycles. The molecule has 1 fully saturated rings. The summed E-state index contributed by atoms with van der Waals surface area (Å²) in [5.74, 6) is 1.33. The zero-order valence-corrected chi connectivity index (χ0v) is 15.2. The van der Waals surface area contributed by atoms with Crippen molar-refractivity contribution in [3.8, 4) is 0 Å². The van der Waals surface area contributed by atoms with Gasteiger partial charge in [-0.1, -0.05) is 55.6 Å². The van der Waals surface area contributed by atoms with Crippen molar-refractivity contribution in [1.29, 1.82) is 0 Å². The van der Waals surface area contributed by atoms with E-state index in [1.165, 1.54) is 12.1 Å². The lowest BCUT2D eigenvalue weighted by Crippen LogP contribution is -2.48. The minimum atomic E-state index is -1.40. The standard InChI is InChI=1S/C19H28N2Si/c1-20-22(3,4)19-14-18(16-12-8-9-13-17(16)19)21(2)15-10-6-5-7-11-15/h5-13,16-20H,14H2,1-4H3. The van der Waals surface area contributed by atoms with E-state index in [-0.39, 0.29) is 0 Å². The summed E-state index contributed by atoms with van der Waals surface area (Å²) >= 11 is 0. The van der Waals surface area contributed by atoms with Gasteiger partial charge in [-0.15, -0.1) is 0 Å². The van der Waals surface area contributed by atoms with Gasteiger partial charge >= 0.3 is 0 Å². The van der Waals surface area contributed by atoms with E-state index in [2.05, 4.69) is 91.7 Å². The molecule has 0 heterocycles. The molecule has 2 nitrogen and oxygen atoms in total. The molecule has 1 N–H and O–H groups in total. The van der Waals surface area contributed by atoms with Gasteiger partial charge in [0.2, 0.25) is 0 Å². The first-order valence-corrected chi connectivity index (χ1v) is 11.4. The predicted octanol–water partition coefficient (Wildman–Crippen LogP) is 4.05. The Kier molecular flexibility index (Phi) is 4.28. The maximum absolute atomic E-state index is 3.68. The Hall–Kier alpha value is -1.32. The van der Waals surface area contributed by atoms with Gasteiger partial charge < -0.3 is 9.88 Å². The van der Waals surface area contributed by atoms with Crippen molar-refractivity contribution >= 4 is 13.9 Å². The fourth-order valence-electron chi connectivity index (χ4n) is 4.24. The first-order valence-electron chi connectivity index (χ1n) is 8.36. The summed E-state index contributed by atoms with van der Waals surface area (Å²) < 4.78 is 0. The molecule has 1 aromatic carbocycles. The number of anilines is 1. The van der Waals surface area contributed by atoms with Crippen LogP contribution in [0.3, 0.4) is 0 Å². The number of allylic oxidation sites excluding steroid dienone is 3. The molecule has 1 saturated carbocycles. The number of nitrogens with zero attached hydrogens (tertiary/aromatic N) is 1. The summed E-state index contributed by atoms with van der Waals surface area (Å²) in [5, 5.41) is 0. The van der Waals surface area contributed by atoms with Crippen molar-refractivity contribution < 1.29 is 0 Å². The minimum Gasteiger partial charge on any atom is -0.371 e. The monoisotopic (exact) mass is 312 g/mol. The van der Waals surface area contributed by atoms with Crippen LogP contribution in [0.4, 0.5) is 5.69 Å². The van der Waals surface area contributed by atoms with Gasteiger partial charge in [0.1, 0.15) is 8.24 Å². The van der Waals surface area contributed by atoms with E-state index in [0.29, 0.717) is 17.9 Å². The van der Waals surface area contributed by atoms with Crippen molar-refractivity contribution in [2.24, 2.45) is 11.8 Å². The van der Waals surface area contributed by atoms with Gasteiger partial charge in [-0.2, -0.15) is 0 Å². The lowest BCUT2D eigenvalue weighted by atomic mass is 9.89. The molecular formula is C19H28N2Si. The lowest BCUT2D eigenvalue weighted by molar-refractivity contribution is 0.487. The molecule has 4 unspecified atom stereocenters. The molecule has 0 radical (unpaired) electrons. The first kappa shape index (κ1) is 15.6. The second kappa shape index (κ2) is 6.05. The third-order valence-corrected chi connectivity index (χ3v) is 9.62. The van der Waals surface area contributed by atoms with Crippen LogP contribution < -0.4 is 9.88 Å². The summed E-state index contributed by atoms with van der Waals surface area (Å²) in [6.07, 6.45) is 10.7. The van der Waals surface area contributed by atoms with Crippen molar-refractivity contribution in [1.82, 2.24) is 4.98 Å². The molecule has 0 aromatic heterocycles. The highest BCUT2D eigenvalue weighted by atomic mass is 28.3. The highest BCUT2D eigenvalue weighted by molar-refractivity contribution is 6.76. The van der Waals surface area contributed by atoms with Gasteiger partial charge in [0, 0.05) is 24.7 Å². The normalized spacial score (nSPS) is 30.4. The maximum Gasteiger partial charge on any atom is 0.123 e. The Morgan fingerprint density at radius 3 is 2.32 bits per heavy atom. The molecule has 3 heteroatoms. The number of para-hydroxylation sites is 1. The Labute approximate surface area is 136 Å². The van der Waals surface area contributed by atoms with Crippen LogP contribution in [0.2, 0.25) is 18.6 Å². The number of nitrogens with one attached hydrogen (secondary N) is 1. The predicted molar refractivity (Wildman–Crippen MR) is 98.8 cm³/mol. The maximum atomic E-state index is 3.68. The number of hydrogen-bond donors (Lipinski definition) is 1. The molecular weight excluding hydrogens is 284 g/mol. The van der Waals surface area contributed by atoms with E-state index >= 15 is 0 Å². The van der Waals surface area contributed by atoms with Gasteiger partial charge in [-0.05, 0) is 37.1 Å². The van der Waals surface area contributed by atoms with E-state index in [1.54, 1.807) is 0 Å². The largest absolute Gasteiger partial charge is 0.371 e. The van der Waals surface area contributed by atoms with Crippen LogP contribution >= 0.6 is 0 Å². The zero-order valence-electron chi connectivity index (χ0n) is 14.2. The van der Waals surface area contributed by atoms with Gasteiger partial charge in [0.05, 0.1) is 0 Å².